The minimum Gasteiger partial charge on any atom is -0.396 e. The fourth-order valence-electron chi connectivity index (χ4n) is 3.09. The van der Waals surface area contributed by atoms with Gasteiger partial charge in [0.05, 0.1) is 25.2 Å². The molecule has 0 saturated carbocycles. The van der Waals surface area contributed by atoms with E-state index >= 15 is 0 Å². The van der Waals surface area contributed by atoms with Gasteiger partial charge >= 0.3 is 0 Å². The molecule has 0 amide bonds. The average molecular weight is 292 g/mol. The number of hydrogen-bond donors (Lipinski definition) is 1. The predicted molar refractivity (Wildman–Crippen MR) is 80.5 cm³/mol. The van der Waals surface area contributed by atoms with Crippen molar-refractivity contribution in [3.05, 3.63) is 17.6 Å². The third-order valence-corrected chi connectivity index (χ3v) is 4.36. The average Bonchev–Trinajstić information content (AvgIpc) is 2.42. The number of aryl methyl sites for hydroxylation is 2. The van der Waals surface area contributed by atoms with Gasteiger partial charge in [-0.3, -0.25) is 4.90 Å². The van der Waals surface area contributed by atoms with Crippen molar-refractivity contribution >= 4 is 5.82 Å². The molecule has 3 rings (SSSR count). The molecule has 0 unspecified atom stereocenters. The first kappa shape index (κ1) is 14.7. The van der Waals surface area contributed by atoms with E-state index in [-0.39, 0.29) is 12.0 Å². The second-order valence-corrected chi connectivity index (χ2v) is 6.33. The van der Waals surface area contributed by atoms with Crippen molar-refractivity contribution in [2.45, 2.75) is 13.8 Å². The van der Waals surface area contributed by atoms with Gasteiger partial charge in [0.25, 0.3) is 0 Å². The fraction of sp³-hybridized carbons (Fsp3) is 0.733. The quantitative estimate of drug-likeness (QED) is 0.857. The summed E-state index contributed by atoms with van der Waals surface area (Å²) in [5.41, 5.74) is 0.996. The molecular formula is C15H24N4O2. The Kier molecular flexibility index (Phi) is 4.10. The monoisotopic (exact) mass is 292 g/mol. The normalized spacial score (nSPS) is 22.1. The molecule has 1 N–H and O–H groups in total. The van der Waals surface area contributed by atoms with Crippen LogP contribution in [-0.4, -0.2) is 72.5 Å². The largest absolute Gasteiger partial charge is 0.396 e. The third kappa shape index (κ3) is 3.17. The van der Waals surface area contributed by atoms with Crippen molar-refractivity contribution in [2.75, 3.05) is 57.4 Å². The van der Waals surface area contributed by atoms with Crippen LogP contribution in [0.3, 0.4) is 0 Å². The molecule has 0 aromatic carbocycles. The zero-order chi connectivity index (χ0) is 14.9. The van der Waals surface area contributed by atoms with Crippen molar-refractivity contribution in [2.24, 2.45) is 5.41 Å². The van der Waals surface area contributed by atoms with Gasteiger partial charge in [0.15, 0.2) is 0 Å². The third-order valence-electron chi connectivity index (χ3n) is 4.36. The zero-order valence-electron chi connectivity index (χ0n) is 12.9. The molecule has 6 heteroatoms. The van der Waals surface area contributed by atoms with Crippen LogP contribution in [0, 0.1) is 19.3 Å². The molecule has 2 fully saturated rings. The van der Waals surface area contributed by atoms with Crippen LogP contribution in [0.2, 0.25) is 0 Å². The van der Waals surface area contributed by atoms with Gasteiger partial charge < -0.3 is 14.7 Å². The Morgan fingerprint density at radius 3 is 2.43 bits per heavy atom. The van der Waals surface area contributed by atoms with Crippen LogP contribution in [0.4, 0.5) is 5.82 Å². The maximum absolute atomic E-state index is 9.52. The fourth-order valence-corrected chi connectivity index (χ4v) is 3.09. The number of aliphatic hydroxyl groups excluding tert-OH is 1. The molecule has 0 radical (unpaired) electrons. The van der Waals surface area contributed by atoms with Gasteiger partial charge in [-0.05, 0) is 13.8 Å². The minimum absolute atomic E-state index is 0.0235. The number of anilines is 1. The lowest BCUT2D eigenvalue weighted by Gasteiger charge is -2.45. The Bertz CT molecular complexity index is 471. The Labute approximate surface area is 125 Å². The Morgan fingerprint density at radius 2 is 1.90 bits per heavy atom. The number of aromatic nitrogens is 2. The van der Waals surface area contributed by atoms with Gasteiger partial charge in [-0.2, -0.15) is 0 Å². The Hall–Kier alpha value is -1.24. The molecule has 1 aromatic heterocycles. The molecule has 2 aliphatic heterocycles. The van der Waals surface area contributed by atoms with Crippen LogP contribution < -0.4 is 4.90 Å². The molecule has 0 spiro atoms. The number of ether oxygens (including phenoxy) is 1. The molecule has 3 heterocycles. The highest BCUT2D eigenvalue weighted by Crippen LogP contribution is 2.28. The highest BCUT2D eigenvalue weighted by molar-refractivity contribution is 5.40. The highest BCUT2D eigenvalue weighted by atomic mass is 16.5. The van der Waals surface area contributed by atoms with Gasteiger partial charge in [0.2, 0.25) is 0 Å². The molecule has 116 valence electrons. The standard InChI is InChI=1S/C15H24N4O2/c1-12-7-14(17-13(2)16-12)19-5-3-18(4-6-19)8-15(9-20)10-21-11-15/h7,20H,3-6,8-11H2,1-2H3. The minimum atomic E-state index is -0.0235. The summed E-state index contributed by atoms with van der Waals surface area (Å²) < 4.78 is 5.27. The number of hydrogen-bond acceptors (Lipinski definition) is 6. The zero-order valence-corrected chi connectivity index (χ0v) is 12.9. The van der Waals surface area contributed by atoms with Crippen molar-refractivity contribution in [1.82, 2.24) is 14.9 Å². The first-order valence-corrected chi connectivity index (χ1v) is 7.58. The van der Waals surface area contributed by atoms with Crippen LogP contribution in [0.25, 0.3) is 0 Å². The predicted octanol–water partition coefficient (Wildman–Crippen LogP) is 0.224. The smallest absolute Gasteiger partial charge is 0.132 e. The van der Waals surface area contributed by atoms with E-state index in [4.69, 9.17) is 4.74 Å². The number of piperazine rings is 1. The molecular weight excluding hydrogens is 268 g/mol. The van der Waals surface area contributed by atoms with E-state index in [1.54, 1.807) is 0 Å². The molecule has 0 bridgehead atoms. The van der Waals surface area contributed by atoms with E-state index in [1.165, 1.54) is 0 Å². The molecule has 0 aliphatic carbocycles. The summed E-state index contributed by atoms with van der Waals surface area (Å²) in [4.78, 5) is 13.6. The second kappa shape index (κ2) is 5.87. The number of nitrogens with zero attached hydrogens (tertiary/aromatic N) is 4. The van der Waals surface area contributed by atoms with Gasteiger partial charge in [0.1, 0.15) is 11.6 Å². The van der Waals surface area contributed by atoms with Crippen molar-refractivity contribution in [3.8, 4) is 0 Å². The number of aliphatic hydroxyl groups is 1. The van der Waals surface area contributed by atoms with Gasteiger partial charge in [0, 0.05) is 44.5 Å². The first-order chi connectivity index (χ1) is 10.1. The first-order valence-electron chi connectivity index (χ1n) is 7.58. The van der Waals surface area contributed by atoms with E-state index in [9.17, 15) is 5.11 Å². The van der Waals surface area contributed by atoms with Gasteiger partial charge in [-0.1, -0.05) is 0 Å². The summed E-state index contributed by atoms with van der Waals surface area (Å²) in [5, 5.41) is 9.52. The topological polar surface area (TPSA) is 61.7 Å². The van der Waals surface area contributed by atoms with Crippen LogP contribution in [0.5, 0.6) is 0 Å². The van der Waals surface area contributed by atoms with Crippen molar-refractivity contribution < 1.29 is 9.84 Å². The van der Waals surface area contributed by atoms with Crippen molar-refractivity contribution in [1.29, 1.82) is 0 Å². The Balaban J connectivity index is 1.57. The maximum atomic E-state index is 9.52. The van der Waals surface area contributed by atoms with Gasteiger partial charge in [-0.25, -0.2) is 9.97 Å². The van der Waals surface area contributed by atoms with E-state index in [0.717, 1.165) is 50.1 Å². The molecule has 0 atom stereocenters. The molecule has 6 nitrogen and oxygen atoms in total. The summed E-state index contributed by atoms with van der Waals surface area (Å²) in [7, 11) is 0. The van der Waals surface area contributed by atoms with Crippen LogP contribution in [0.1, 0.15) is 11.5 Å². The van der Waals surface area contributed by atoms with Crippen molar-refractivity contribution in [3.63, 3.8) is 0 Å². The lowest BCUT2D eigenvalue weighted by atomic mass is 9.86. The highest BCUT2D eigenvalue weighted by Gasteiger charge is 2.40. The summed E-state index contributed by atoms with van der Waals surface area (Å²) >= 11 is 0. The lowest BCUT2D eigenvalue weighted by molar-refractivity contribution is -0.148. The summed E-state index contributed by atoms with van der Waals surface area (Å²) in [5.74, 6) is 1.86. The van der Waals surface area contributed by atoms with E-state index in [2.05, 4.69) is 25.8 Å². The maximum Gasteiger partial charge on any atom is 0.132 e. The number of rotatable bonds is 4. The summed E-state index contributed by atoms with van der Waals surface area (Å²) in [6.07, 6.45) is 0. The molecule has 1 aromatic rings. The summed E-state index contributed by atoms with van der Waals surface area (Å²) in [6, 6.07) is 2.05. The molecule has 2 aliphatic rings. The van der Waals surface area contributed by atoms with E-state index in [0.29, 0.717) is 13.2 Å². The van der Waals surface area contributed by atoms with Gasteiger partial charge in [-0.15, -0.1) is 0 Å². The second-order valence-electron chi connectivity index (χ2n) is 6.33. The molecule has 21 heavy (non-hydrogen) atoms. The van der Waals surface area contributed by atoms with E-state index < -0.39 is 0 Å². The molecule has 2 saturated heterocycles. The Morgan fingerprint density at radius 1 is 1.19 bits per heavy atom. The van der Waals surface area contributed by atoms with Crippen LogP contribution in [0.15, 0.2) is 6.07 Å². The van der Waals surface area contributed by atoms with E-state index in [1.807, 2.05) is 13.8 Å². The van der Waals surface area contributed by atoms with Crippen LogP contribution in [-0.2, 0) is 4.74 Å². The lowest BCUT2D eigenvalue weighted by Crippen LogP contribution is -2.57. The van der Waals surface area contributed by atoms with Crippen LogP contribution >= 0.6 is 0 Å². The SMILES string of the molecule is Cc1cc(N2CCN(CC3(CO)COC3)CC2)nc(C)n1. The summed E-state index contributed by atoms with van der Waals surface area (Å²) in [6.45, 7) is 10.4.